The monoisotopic (exact) mass is 377 g/mol. The lowest BCUT2D eigenvalue weighted by Gasteiger charge is -2.20. The molecule has 8 nitrogen and oxygen atoms in total. The van der Waals surface area contributed by atoms with E-state index >= 15 is 0 Å². The molecule has 2 bridgehead atoms. The molecule has 2 aliphatic rings. The van der Waals surface area contributed by atoms with Crippen molar-refractivity contribution in [1.29, 1.82) is 0 Å². The van der Waals surface area contributed by atoms with E-state index in [9.17, 15) is 19.2 Å². The van der Waals surface area contributed by atoms with Gasteiger partial charge < -0.3 is 10.5 Å². The van der Waals surface area contributed by atoms with Crippen LogP contribution in [0.15, 0.2) is 9.59 Å². The van der Waals surface area contributed by atoms with Gasteiger partial charge in [-0.15, -0.1) is 0 Å². The van der Waals surface area contributed by atoms with Crippen molar-refractivity contribution in [2.75, 3.05) is 12.3 Å². The molecule has 2 saturated carbocycles. The molecule has 27 heavy (non-hydrogen) atoms. The lowest BCUT2D eigenvalue weighted by Crippen LogP contribution is -2.43. The van der Waals surface area contributed by atoms with Crippen LogP contribution in [0, 0.1) is 17.8 Å². The first-order valence-corrected chi connectivity index (χ1v) is 9.61. The highest BCUT2D eigenvalue weighted by Gasteiger charge is 2.40. The van der Waals surface area contributed by atoms with Gasteiger partial charge in [0, 0.05) is 20.0 Å². The van der Waals surface area contributed by atoms with Gasteiger partial charge in [0.2, 0.25) is 5.78 Å². The molecule has 2 N–H and O–H groups in total. The summed E-state index contributed by atoms with van der Waals surface area (Å²) in [6.07, 6.45) is 5.62. The van der Waals surface area contributed by atoms with Gasteiger partial charge in [0.1, 0.15) is 11.4 Å². The molecule has 0 amide bonds. The van der Waals surface area contributed by atoms with Crippen LogP contribution in [0.5, 0.6) is 0 Å². The number of Topliss-reactive ketones (excluding diaryl/α,β-unsaturated/α-hetero) is 1. The van der Waals surface area contributed by atoms with Crippen molar-refractivity contribution >= 4 is 17.6 Å². The number of ketones is 1. The second kappa shape index (κ2) is 7.70. The number of hydrogen-bond acceptors (Lipinski definition) is 6. The summed E-state index contributed by atoms with van der Waals surface area (Å²) < 4.78 is 7.19. The molecule has 8 heteroatoms. The van der Waals surface area contributed by atoms with E-state index in [-0.39, 0.29) is 11.4 Å². The number of nitrogens with zero attached hydrogens (tertiary/aromatic N) is 2. The maximum atomic E-state index is 12.5. The third-order valence-electron chi connectivity index (χ3n) is 5.99. The Labute approximate surface area is 157 Å². The molecular formula is C19H27N3O5. The second-order valence-electron chi connectivity index (χ2n) is 7.78. The number of nitrogens with two attached hydrogens (primary N) is 1. The van der Waals surface area contributed by atoms with Gasteiger partial charge in [0.25, 0.3) is 5.56 Å². The Kier molecular flexibility index (Phi) is 5.53. The van der Waals surface area contributed by atoms with Crippen LogP contribution < -0.4 is 17.0 Å². The highest BCUT2D eigenvalue weighted by Crippen LogP contribution is 2.49. The molecule has 0 unspecified atom stereocenters. The molecule has 1 aromatic rings. The van der Waals surface area contributed by atoms with Crippen LogP contribution in [0.3, 0.4) is 0 Å². The second-order valence-corrected chi connectivity index (χ2v) is 7.78. The fourth-order valence-electron chi connectivity index (χ4n) is 4.60. The normalized spacial score (nSPS) is 23.6. The van der Waals surface area contributed by atoms with Crippen LogP contribution in [0.1, 0.15) is 55.8 Å². The smallest absolute Gasteiger partial charge is 0.332 e. The van der Waals surface area contributed by atoms with E-state index in [4.69, 9.17) is 10.5 Å². The molecule has 0 radical (unpaired) electrons. The summed E-state index contributed by atoms with van der Waals surface area (Å²) in [5.74, 6) is 0.405. The largest absolute Gasteiger partial charge is 0.457 e. The van der Waals surface area contributed by atoms with Crippen molar-refractivity contribution in [3.05, 3.63) is 26.4 Å². The highest BCUT2D eigenvalue weighted by molar-refractivity contribution is 6.01. The van der Waals surface area contributed by atoms with Crippen LogP contribution in [-0.2, 0) is 23.1 Å². The average molecular weight is 377 g/mol. The van der Waals surface area contributed by atoms with Crippen molar-refractivity contribution in [2.45, 2.75) is 52.0 Å². The predicted molar refractivity (Wildman–Crippen MR) is 99.5 cm³/mol. The lowest BCUT2D eigenvalue weighted by molar-refractivity contribution is -0.144. The molecule has 0 aromatic carbocycles. The minimum Gasteiger partial charge on any atom is -0.457 e. The average Bonchev–Trinajstić information content (AvgIpc) is 3.25. The standard InChI is InChI=1S/C19H27N3O5/c1-3-6-22-17(20)16(18(25)21(2)19(22)26)14(23)10-27-15(24)9-13-8-11-4-5-12(13)7-11/h11-13H,3-10,20H2,1-2H3/t11-,12+,13+/m0/s1. The summed E-state index contributed by atoms with van der Waals surface area (Å²) in [6.45, 7) is 1.61. The van der Waals surface area contributed by atoms with Gasteiger partial charge in [-0.1, -0.05) is 13.3 Å². The summed E-state index contributed by atoms with van der Waals surface area (Å²) >= 11 is 0. The molecule has 148 valence electrons. The summed E-state index contributed by atoms with van der Waals surface area (Å²) in [7, 11) is 1.30. The highest BCUT2D eigenvalue weighted by atomic mass is 16.5. The summed E-state index contributed by atoms with van der Waals surface area (Å²) in [5.41, 5.74) is 4.29. The fraction of sp³-hybridized carbons (Fsp3) is 0.684. The molecule has 3 atom stereocenters. The van der Waals surface area contributed by atoms with E-state index in [0.717, 1.165) is 16.9 Å². The fourth-order valence-corrected chi connectivity index (χ4v) is 4.60. The third-order valence-corrected chi connectivity index (χ3v) is 5.99. The number of carbonyl (C=O) groups is 2. The molecule has 2 fully saturated rings. The van der Waals surface area contributed by atoms with E-state index in [1.807, 2.05) is 6.92 Å². The number of aromatic nitrogens is 2. The topological polar surface area (TPSA) is 113 Å². The van der Waals surface area contributed by atoms with Gasteiger partial charge in [0.15, 0.2) is 6.61 Å². The van der Waals surface area contributed by atoms with E-state index in [1.165, 1.54) is 30.9 Å². The molecule has 0 aliphatic heterocycles. The Morgan fingerprint density at radius 1 is 1.22 bits per heavy atom. The Morgan fingerprint density at radius 2 is 1.96 bits per heavy atom. The number of anilines is 1. The Balaban J connectivity index is 1.68. The van der Waals surface area contributed by atoms with Crippen LogP contribution >= 0.6 is 0 Å². The Bertz CT molecular complexity index is 869. The summed E-state index contributed by atoms with van der Waals surface area (Å²) in [5, 5.41) is 0. The van der Waals surface area contributed by atoms with Gasteiger partial charge in [0.05, 0.1) is 0 Å². The molecule has 1 heterocycles. The van der Waals surface area contributed by atoms with Gasteiger partial charge in [-0.25, -0.2) is 4.79 Å². The number of rotatable bonds is 7. The number of ether oxygens (including phenoxy) is 1. The molecule has 0 spiro atoms. The first kappa shape index (κ1) is 19.4. The van der Waals surface area contributed by atoms with Crippen LogP contribution in [0.25, 0.3) is 0 Å². The predicted octanol–water partition coefficient (Wildman–Crippen LogP) is 1.09. The first-order chi connectivity index (χ1) is 12.8. The van der Waals surface area contributed by atoms with Crippen molar-refractivity contribution < 1.29 is 14.3 Å². The van der Waals surface area contributed by atoms with Crippen molar-refractivity contribution in [1.82, 2.24) is 9.13 Å². The quantitative estimate of drug-likeness (QED) is 0.562. The first-order valence-electron chi connectivity index (χ1n) is 9.61. The molecular weight excluding hydrogens is 350 g/mol. The maximum absolute atomic E-state index is 12.5. The molecule has 1 aromatic heterocycles. The zero-order valence-corrected chi connectivity index (χ0v) is 15.9. The lowest BCUT2D eigenvalue weighted by atomic mass is 9.86. The number of fused-ring (bicyclic) bond motifs is 2. The van der Waals surface area contributed by atoms with Gasteiger partial charge in [-0.2, -0.15) is 0 Å². The van der Waals surface area contributed by atoms with E-state index in [0.29, 0.717) is 31.2 Å². The third kappa shape index (κ3) is 3.70. The molecule has 2 aliphatic carbocycles. The Hall–Kier alpha value is -2.38. The molecule has 3 rings (SSSR count). The van der Waals surface area contributed by atoms with E-state index in [2.05, 4.69) is 0 Å². The van der Waals surface area contributed by atoms with E-state index < -0.39 is 29.6 Å². The van der Waals surface area contributed by atoms with Gasteiger partial charge >= 0.3 is 11.7 Å². The summed E-state index contributed by atoms with van der Waals surface area (Å²) in [6, 6.07) is 0. The zero-order valence-electron chi connectivity index (χ0n) is 15.9. The zero-order chi connectivity index (χ0) is 19.7. The minimum atomic E-state index is -0.765. The van der Waals surface area contributed by atoms with Crippen LogP contribution in [-0.4, -0.2) is 27.5 Å². The molecule has 0 saturated heterocycles. The number of hydrogen-bond donors (Lipinski definition) is 1. The van der Waals surface area contributed by atoms with Crippen LogP contribution in [0.4, 0.5) is 5.82 Å². The number of nitrogen functional groups attached to an aromatic ring is 1. The van der Waals surface area contributed by atoms with Crippen molar-refractivity contribution in [2.24, 2.45) is 24.8 Å². The summed E-state index contributed by atoms with van der Waals surface area (Å²) in [4.78, 5) is 49.1. The van der Waals surface area contributed by atoms with E-state index in [1.54, 1.807) is 0 Å². The Morgan fingerprint density at radius 3 is 2.56 bits per heavy atom. The van der Waals surface area contributed by atoms with Gasteiger partial charge in [-0.05, 0) is 43.4 Å². The van der Waals surface area contributed by atoms with Crippen molar-refractivity contribution in [3.8, 4) is 0 Å². The number of esters is 1. The van der Waals surface area contributed by atoms with Crippen LogP contribution in [0.2, 0.25) is 0 Å². The van der Waals surface area contributed by atoms with Gasteiger partial charge in [-0.3, -0.25) is 23.5 Å². The maximum Gasteiger partial charge on any atom is 0.332 e. The van der Waals surface area contributed by atoms with Crippen molar-refractivity contribution in [3.63, 3.8) is 0 Å². The minimum absolute atomic E-state index is 0.167. The SMILES string of the molecule is CCCn1c(N)c(C(=O)COC(=O)C[C@H]2C[C@H]3CC[C@@H]2C3)c(=O)n(C)c1=O. The number of carbonyl (C=O) groups excluding carboxylic acids is 2.